The maximum Gasteiger partial charge on any atom is 0.212 e. The lowest BCUT2D eigenvalue weighted by molar-refractivity contribution is 0.293. The van der Waals surface area contributed by atoms with Gasteiger partial charge in [0.25, 0.3) is 0 Å². The molecule has 0 bridgehead atoms. The highest BCUT2D eigenvalue weighted by Gasteiger charge is 2.10. The van der Waals surface area contributed by atoms with Crippen LogP contribution in [0.15, 0.2) is 29.4 Å². The summed E-state index contributed by atoms with van der Waals surface area (Å²) in [5.41, 5.74) is 1.33. The highest BCUT2D eigenvalue weighted by molar-refractivity contribution is 6.02. The molecular weight excluding hydrogens is 246 g/mol. The zero-order valence-electron chi connectivity index (χ0n) is 10.8. The second-order valence-corrected chi connectivity index (χ2v) is 3.88. The van der Waals surface area contributed by atoms with E-state index in [0.717, 1.165) is 5.56 Å². The van der Waals surface area contributed by atoms with Crippen molar-refractivity contribution in [1.29, 1.82) is 0 Å². The van der Waals surface area contributed by atoms with Crippen molar-refractivity contribution in [3.05, 3.63) is 35.7 Å². The van der Waals surface area contributed by atoms with Gasteiger partial charge in [0, 0.05) is 5.56 Å². The fourth-order valence-electron chi connectivity index (χ4n) is 1.67. The Balaban J connectivity index is 2.16. The summed E-state index contributed by atoms with van der Waals surface area (Å²) in [5, 5.41) is 23.9. The minimum Gasteiger partial charge on any atom is -0.485 e. The minimum absolute atomic E-state index is 0.216. The van der Waals surface area contributed by atoms with Crippen molar-refractivity contribution in [2.24, 2.45) is 12.2 Å². The van der Waals surface area contributed by atoms with Gasteiger partial charge in [-0.05, 0) is 23.8 Å². The lowest BCUT2D eigenvalue weighted by Gasteiger charge is -2.09. The molecule has 0 spiro atoms. The van der Waals surface area contributed by atoms with Crippen LogP contribution in [0.2, 0.25) is 0 Å². The number of aryl methyl sites for hydroxylation is 1. The van der Waals surface area contributed by atoms with Gasteiger partial charge in [-0.1, -0.05) is 24.2 Å². The first-order chi connectivity index (χ1) is 9.24. The highest BCUT2D eigenvalue weighted by atomic mass is 16.5. The molecule has 1 N–H and O–H groups in total. The molecule has 0 aliphatic carbocycles. The van der Waals surface area contributed by atoms with E-state index in [-0.39, 0.29) is 6.61 Å². The molecule has 0 atom stereocenters. The lowest BCUT2D eigenvalue weighted by Crippen LogP contribution is -2.05. The first-order valence-electron chi connectivity index (χ1n) is 5.90. The Morgan fingerprint density at radius 3 is 2.84 bits per heavy atom. The monoisotopic (exact) mass is 261 g/mol. The van der Waals surface area contributed by atoms with E-state index in [0.29, 0.717) is 23.7 Å². The molecule has 7 heteroatoms. The zero-order valence-corrected chi connectivity index (χ0v) is 10.8. The van der Waals surface area contributed by atoms with Gasteiger partial charge in [-0.3, -0.25) is 0 Å². The summed E-state index contributed by atoms with van der Waals surface area (Å²) in [6.07, 6.45) is 0.611. The van der Waals surface area contributed by atoms with E-state index in [1.807, 2.05) is 31.2 Å². The third kappa shape index (κ3) is 3.06. The van der Waals surface area contributed by atoms with Gasteiger partial charge in [0.15, 0.2) is 6.61 Å². The average Bonchev–Trinajstić information content (AvgIpc) is 2.85. The zero-order chi connectivity index (χ0) is 13.7. The van der Waals surface area contributed by atoms with E-state index < -0.39 is 0 Å². The van der Waals surface area contributed by atoms with Crippen molar-refractivity contribution in [3.63, 3.8) is 0 Å². The number of hydrogen-bond donors (Lipinski definition) is 1. The molecule has 19 heavy (non-hydrogen) atoms. The van der Waals surface area contributed by atoms with Gasteiger partial charge in [0.1, 0.15) is 5.75 Å². The van der Waals surface area contributed by atoms with Gasteiger partial charge in [0.05, 0.1) is 12.8 Å². The number of rotatable bonds is 5. The molecular formula is C12H15N5O2. The summed E-state index contributed by atoms with van der Waals surface area (Å²) in [4.78, 5) is 1.37. The summed E-state index contributed by atoms with van der Waals surface area (Å²) in [7, 11) is 1.69. The molecule has 2 aromatic rings. The molecule has 0 fully saturated rings. The summed E-state index contributed by atoms with van der Waals surface area (Å²) < 4.78 is 5.65. The Morgan fingerprint density at radius 1 is 1.42 bits per heavy atom. The van der Waals surface area contributed by atoms with Crippen LogP contribution in [0, 0.1) is 0 Å². The minimum atomic E-state index is 0.216. The van der Waals surface area contributed by atoms with Gasteiger partial charge in [-0.15, -0.1) is 10.2 Å². The molecule has 2 rings (SSSR count). The van der Waals surface area contributed by atoms with Crippen molar-refractivity contribution >= 4 is 5.71 Å². The quantitative estimate of drug-likeness (QED) is 0.499. The standard InChI is InChI=1S/C12H15N5O2/c1-3-10(15-18)9-6-4-5-7-11(9)19-8-12-13-16-17(2)14-12/h4-7,18H,3,8H2,1-2H3/b15-10-. The third-order valence-electron chi connectivity index (χ3n) is 2.56. The second kappa shape index (κ2) is 5.94. The van der Waals surface area contributed by atoms with E-state index in [4.69, 9.17) is 9.94 Å². The Morgan fingerprint density at radius 2 is 2.21 bits per heavy atom. The molecule has 0 aliphatic rings. The summed E-state index contributed by atoms with van der Waals surface area (Å²) >= 11 is 0. The topological polar surface area (TPSA) is 85.4 Å². The largest absolute Gasteiger partial charge is 0.485 e. The van der Waals surface area contributed by atoms with Crippen LogP contribution in [0.25, 0.3) is 0 Å². The number of oxime groups is 1. The molecule has 1 aromatic heterocycles. The van der Waals surface area contributed by atoms with Crippen molar-refractivity contribution in [3.8, 4) is 5.75 Å². The molecule has 0 radical (unpaired) electrons. The molecule has 0 unspecified atom stereocenters. The van der Waals surface area contributed by atoms with E-state index in [2.05, 4.69) is 20.6 Å². The number of benzene rings is 1. The molecule has 100 valence electrons. The number of nitrogens with zero attached hydrogens (tertiary/aromatic N) is 5. The van der Waals surface area contributed by atoms with Crippen molar-refractivity contribution in [1.82, 2.24) is 20.2 Å². The highest BCUT2D eigenvalue weighted by Crippen LogP contribution is 2.20. The molecule has 0 saturated carbocycles. The van der Waals surface area contributed by atoms with Gasteiger partial charge >= 0.3 is 0 Å². The Labute approximate surface area is 110 Å². The molecule has 7 nitrogen and oxygen atoms in total. The number of tetrazole rings is 1. The van der Waals surface area contributed by atoms with Gasteiger partial charge in [0.2, 0.25) is 5.82 Å². The van der Waals surface area contributed by atoms with Crippen LogP contribution in [-0.4, -0.2) is 31.1 Å². The van der Waals surface area contributed by atoms with E-state index in [1.165, 1.54) is 4.80 Å². The normalized spacial score (nSPS) is 11.6. The fourth-order valence-corrected chi connectivity index (χ4v) is 1.67. The number of para-hydroxylation sites is 1. The van der Waals surface area contributed by atoms with E-state index >= 15 is 0 Å². The Hall–Kier alpha value is -2.44. The fraction of sp³-hybridized carbons (Fsp3) is 0.333. The third-order valence-corrected chi connectivity index (χ3v) is 2.56. The maximum absolute atomic E-state index is 8.99. The van der Waals surface area contributed by atoms with Gasteiger partial charge in [-0.25, -0.2) is 0 Å². The second-order valence-electron chi connectivity index (χ2n) is 3.88. The molecule has 0 aliphatic heterocycles. The van der Waals surface area contributed by atoms with Crippen molar-refractivity contribution < 1.29 is 9.94 Å². The summed E-state index contributed by atoms with van der Waals surface area (Å²) in [6, 6.07) is 7.38. The molecule has 0 amide bonds. The first-order valence-corrected chi connectivity index (χ1v) is 5.90. The Bertz CT molecular complexity index is 579. The number of ether oxygens (including phenoxy) is 1. The van der Waals surface area contributed by atoms with Crippen LogP contribution in [0.3, 0.4) is 0 Å². The van der Waals surface area contributed by atoms with Crippen LogP contribution in [0.5, 0.6) is 5.75 Å². The van der Waals surface area contributed by atoms with Crippen molar-refractivity contribution in [2.45, 2.75) is 20.0 Å². The van der Waals surface area contributed by atoms with Crippen LogP contribution in [0.1, 0.15) is 24.7 Å². The summed E-state index contributed by atoms with van der Waals surface area (Å²) in [5.74, 6) is 1.13. The SMILES string of the molecule is CC/C(=N/O)c1ccccc1OCc1nnn(C)n1. The predicted octanol–water partition coefficient (Wildman–Crippen LogP) is 1.38. The first kappa shape index (κ1) is 13.0. The molecule has 0 saturated heterocycles. The predicted molar refractivity (Wildman–Crippen MR) is 68.2 cm³/mol. The molecule has 1 aromatic carbocycles. The maximum atomic E-state index is 8.99. The van der Waals surface area contributed by atoms with Crippen LogP contribution in [-0.2, 0) is 13.7 Å². The van der Waals surface area contributed by atoms with E-state index in [1.54, 1.807) is 7.05 Å². The lowest BCUT2D eigenvalue weighted by atomic mass is 10.1. The van der Waals surface area contributed by atoms with Crippen molar-refractivity contribution in [2.75, 3.05) is 0 Å². The van der Waals surface area contributed by atoms with Gasteiger partial charge in [-0.2, -0.15) is 4.80 Å². The van der Waals surface area contributed by atoms with E-state index in [9.17, 15) is 0 Å². The summed E-state index contributed by atoms with van der Waals surface area (Å²) in [6.45, 7) is 2.13. The Kier molecular flexibility index (Phi) is 4.07. The van der Waals surface area contributed by atoms with Gasteiger partial charge < -0.3 is 9.94 Å². The number of hydrogen-bond acceptors (Lipinski definition) is 6. The smallest absolute Gasteiger partial charge is 0.212 e. The van der Waals surface area contributed by atoms with Crippen LogP contribution < -0.4 is 4.74 Å². The van der Waals surface area contributed by atoms with Crippen LogP contribution >= 0.6 is 0 Å². The number of aromatic nitrogens is 4. The average molecular weight is 261 g/mol. The molecule has 1 heterocycles. The van der Waals surface area contributed by atoms with Crippen LogP contribution in [0.4, 0.5) is 0 Å².